The fraction of sp³-hybridized carbons (Fsp3) is 0.381. The summed E-state index contributed by atoms with van der Waals surface area (Å²) in [6.45, 7) is 7.36. The molecule has 0 radical (unpaired) electrons. The van der Waals surface area contributed by atoms with Crippen LogP contribution in [0.25, 0.3) is 0 Å². The van der Waals surface area contributed by atoms with Crippen LogP contribution in [0.1, 0.15) is 30.5 Å². The number of nitrogens with one attached hydrogen (secondary N) is 2. The first-order valence-electron chi connectivity index (χ1n) is 9.07. The monoisotopic (exact) mass is 483 g/mol. The van der Waals surface area contributed by atoms with Crippen LogP contribution in [-0.4, -0.2) is 26.2 Å². The lowest BCUT2D eigenvalue weighted by Crippen LogP contribution is -2.37. The van der Waals surface area contributed by atoms with E-state index in [0.717, 1.165) is 23.8 Å². The molecule has 2 rings (SSSR count). The molecule has 0 aromatic heterocycles. The Morgan fingerprint density at radius 2 is 1.59 bits per heavy atom. The highest BCUT2D eigenvalue weighted by Crippen LogP contribution is 2.18. The molecule has 0 unspecified atom stereocenters. The molecule has 5 nitrogen and oxygen atoms in total. The predicted octanol–water partition coefficient (Wildman–Crippen LogP) is 4.11. The highest BCUT2D eigenvalue weighted by Gasteiger charge is 2.05. The van der Waals surface area contributed by atoms with E-state index in [1.807, 2.05) is 43.3 Å². The van der Waals surface area contributed by atoms with Crippen molar-refractivity contribution in [2.45, 2.75) is 33.5 Å². The molecule has 0 aliphatic rings. The Kier molecular flexibility index (Phi) is 11.5. The summed E-state index contributed by atoms with van der Waals surface area (Å²) in [4.78, 5) is 4.70. The van der Waals surface area contributed by atoms with Gasteiger partial charge in [0.05, 0.1) is 19.8 Å². The van der Waals surface area contributed by atoms with Crippen molar-refractivity contribution in [2.75, 3.05) is 20.3 Å². The van der Waals surface area contributed by atoms with Gasteiger partial charge in [0.15, 0.2) is 5.96 Å². The van der Waals surface area contributed by atoms with Crippen LogP contribution < -0.4 is 15.4 Å². The minimum absolute atomic E-state index is 0. The van der Waals surface area contributed by atoms with Crippen LogP contribution in [0.5, 0.6) is 5.75 Å². The van der Waals surface area contributed by atoms with Crippen molar-refractivity contribution >= 4 is 29.9 Å². The molecule has 6 heteroatoms. The van der Waals surface area contributed by atoms with Crippen molar-refractivity contribution in [3.63, 3.8) is 0 Å². The van der Waals surface area contributed by atoms with E-state index in [0.29, 0.717) is 26.3 Å². The van der Waals surface area contributed by atoms with Crippen molar-refractivity contribution in [3.8, 4) is 5.75 Å². The molecule has 0 amide bonds. The standard InChI is InChI=1S/C21H29N3O2.HI/c1-4-22-21(23-14-17-10-6-7-12-19(17)16-25-3)24-15-18-11-8-9-13-20(18)26-5-2;/h6-13H,4-5,14-16H2,1-3H3,(H2,22,23,24);1H. The summed E-state index contributed by atoms with van der Waals surface area (Å²) in [6, 6.07) is 16.3. The first kappa shape index (κ1) is 23.2. The summed E-state index contributed by atoms with van der Waals surface area (Å²) in [7, 11) is 1.71. The molecule has 0 aliphatic heterocycles. The van der Waals surface area contributed by atoms with Gasteiger partial charge >= 0.3 is 0 Å². The van der Waals surface area contributed by atoms with Crippen molar-refractivity contribution in [3.05, 3.63) is 65.2 Å². The van der Waals surface area contributed by atoms with Crippen molar-refractivity contribution in [1.29, 1.82) is 0 Å². The molecular formula is C21H30IN3O2. The average Bonchev–Trinajstić information content (AvgIpc) is 2.66. The van der Waals surface area contributed by atoms with Gasteiger partial charge in [0.2, 0.25) is 0 Å². The van der Waals surface area contributed by atoms with Crippen molar-refractivity contribution in [2.24, 2.45) is 4.99 Å². The molecule has 0 aliphatic carbocycles. The quantitative estimate of drug-likeness (QED) is 0.321. The molecule has 27 heavy (non-hydrogen) atoms. The van der Waals surface area contributed by atoms with E-state index in [2.05, 4.69) is 29.7 Å². The maximum Gasteiger partial charge on any atom is 0.191 e. The fourth-order valence-electron chi connectivity index (χ4n) is 2.64. The fourth-order valence-corrected chi connectivity index (χ4v) is 2.64. The minimum atomic E-state index is 0. The summed E-state index contributed by atoms with van der Waals surface area (Å²) in [6.07, 6.45) is 0. The Bertz CT molecular complexity index is 707. The van der Waals surface area contributed by atoms with Crippen LogP contribution in [0.15, 0.2) is 53.5 Å². The number of hydrogen-bond acceptors (Lipinski definition) is 3. The van der Waals surface area contributed by atoms with Gasteiger partial charge in [0.25, 0.3) is 0 Å². The van der Waals surface area contributed by atoms with Crippen molar-refractivity contribution in [1.82, 2.24) is 10.6 Å². The lowest BCUT2D eigenvalue weighted by Gasteiger charge is -2.14. The smallest absolute Gasteiger partial charge is 0.191 e. The zero-order valence-corrected chi connectivity index (χ0v) is 18.7. The molecule has 0 spiro atoms. The Balaban J connectivity index is 0.00000364. The summed E-state index contributed by atoms with van der Waals surface area (Å²) in [5.41, 5.74) is 3.46. The first-order valence-corrected chi connectivity index (χ1v) is 9.07. The average molecular weight is 483 g/mol. The van der Waals surface area contributed by atoms with Gasteiger partial charge in [0, 0.05) is 25.8 Å². The zero-order chi connectivity index (χ0) is 18.6. The Morgan fingerprint density at radius 1 is 0.926 bits per heavy atom. The second-order valence-electron chi connectivity index (χ2n) is 5.79. The maximum absolute atomic E-state index is 5.68. The molecule has 2 N–H and O–H groups in total. The van der Waals surface area contributed by atoms with E-state index in [1.54, 1.807) is 7.11 Å². The van der Waals surface area contributed by atoms with Crippen molar-refractivity contribution < 1.29 is 9.47 Å². The van der Waals surface area contributed by atoms with E-state index in [-0.39, 0.29) is 24.0 Å². The summed E-state index contributed by atoms with van der Waals surface area (Å²) in [5, 5.41) is 6.69. The Morgan fingerprint density at radius 3 is 2.26 bits per heavy atom. The number of para-hydroxylation sites is 1. The number of rotatable bonds is 9. The number of halogens is 1. The molecule has 148 valence electrons. The summed E-state index contributed by atoms with van der Waals surface area (Å²) >= 11 is 0. The Hall–Kier alpha value is -1.80. The van der Waals surface area contributed by atoms with Gasteiger partial charge in [-0.05, 0) is 31.0 Å². The molecule has 0 bridgehead atoms. The molecule has 0 saturated heterocycles. The number of benzene rings is 2. The topological polar surface area (TPSA) is 54.9 Å². The number of guanidine groups is 1. The van der Waals surface area contributed by atoms with Gasteiger partial charge in [-0.25, -0.2) is 4.99 Å². The lowest BCUT2D eigenvalue weighted by atomic mass is 10.1. The number of nitrogens with zero attached hydrogens (tertiary/aromatic N) is 1. The largest absolute Gasteiger partial charge is 0.494 e. The molecule has 2 aromatic carbocycles. The molecule has 0 saturated carbocycles. The van der Waals surface area contributed by atoms with E-state index in [1.165, 1.54) is 11.1 Å². The third-order valence-electron chi connectivity index (χ3n) is 3.89. The van der Waals surface area contributed by atoms with Crippen LogP contribution in [0.3, 0.4) is 0 Å². The first-order chi connectivity index (χ1) is 12.8. The second kappa shape index (κ2) is 13.4. The van der Waals surface area contributed by atoms with Crippen LogP contribution in [0.2, 0.25) is 0 Å². The van der Waals surface area contributed by atoms with Gasteiger partial charge in [-0.2, -0.15) is 0 Å². The molecule has 0 fully saturated rings. The number of aliphatic imine (C=N–C) groups is 1. The third kappa shape index (κ3) is 7.76. The van der Waals surface area contributed by atoms with Gasteiger partial charge in [-0.3, -0.25) is 0 Å². The van der Waals surface area contributed by atoms with Crippen LogP contribution in [-0.2, 0) is 24.4 Å². The van der Waals surface area contributed by atoms with Crippen LogP contribution in [0, 0.1) is 0 Å². The van der Waals surface area contributed by atoms with Gasteiger partial charge < -0.3 is 20.1 Å². The lowest BCUT2D eigenvalue weighted by molar-refractivity contribution is 0.184. The second-order valence-corrected chi connectivity index (χ2v) is 5.79. The SMILES string of the molecule is CCNC(=NCc1ccccc1OCC)NCc1ccccc1COC.I. The van der Waals surface area contributed by atoms with Gasteiger partial charge in [0.1, 0.15) is 5.75 Å². The normalized spacial score (nSPS) is 10.9. The van der Waals surface area contributed by atoms with Gasteiger partial charge in [-0.15, -0.1) is 24.0 Å². The van der Waals surface area contributed by atoms with E-state index < -0.39 is 0 Å². The molecule has 0 heterocycles. The van der Waals surface area contributed by atoms with Gasteiger partial charge in [-0.1, -0.05) is 42.5 Å². The summed E-state index contributed by atoms with van der Waals surface area (Å²) < 4.78 is 11.0. The zero-order valence-electron chi connectivity index (χ0n) is 16.3. The molecule has 0 atom stereocenters. The predicted molar refractivity (Wildman–Crippen MR) is 122 cm³/mol. The van der Waals surface area contributed by atoms with E-state index in [4.69, 9.17) is 14.5 Å². The number of hydrogen-bond donors (Lipinski definition) is 2. The highest BCUT2D eigenvalue weighted by molar-refractivity contribution is 14.0. The Labute approximate surface area is 179 Å². The van der Waals surface area contributed by atoms with Crippen LogP contribution in [0.4, 0.5) is 0 Å². The molecular weight excluding hydrogens is 453 g/mol. The highest BCUT2D eigenvalue weighted by atomic mass is 127. The third-order valence-corrected chi connectivity index (χ3v) is 3.89. The maximum atomic E-state index is 5.68. The molecule has 2 aromatic rings. The number of methoxy groups -OCH3 is 1. The van der Waals surface area contributed by atoms with E-state index in [9.17, 15) is 0 Å². The number of ether oxygens (including phenoxy) is 2. The summed E-state index contributed by atoms with van der Waals surface area (Å²) in [5.74, 6) is 1.67. The minimum Gasteiger partial charge on any atom is -0.494 e. The van der Waals surface area contributed by atoms with Crippen LogP contribution >= 0.6 is 24.0 Å². The van der Waals surface area contributed by atoms with E-state index >= 15 is 0 Å².